The predicted molar refractivity (Wildman–Crippen MR) is 116 cm³/mol. The largest absolute Gasteiger partial charge is 0.477 e. The molecule has 0 radical (unpaired) electrons. The third-order valence-corrected chi connectivity index (χ3v) is 6.33. The van der Waals surface area contributed by atoms with Gasteiger partial charge in [-0.1, -0.05) is 17.8 Å². The third kappa shape index (κ3) is 4.75. The number of nitrogens with two attached hydrogens (primary N) is 1. The molecule has 0 bridgehead atoms. The summed E-state index contributed by atoms with van der Waals surface area (Å²) < 4.78 is 4.89. The lowest BCUT2D eigenvalue weighted by Gasteiger charge is -2.49. The minimum absolute atomic E-state index is 0.0445. The van der Waals surface area contributed by atoms with Gasteiger partial charge in [0, 0.05) is 23.6 Å². The highest BCUT2D eigenvalue weighted by Gasteiger charge is 2.54. The monoisotopic (exact) mass is 481 g/mol. The summed E-state index contributed by atoms with van der Waals surface area (Å²) in [6.07, 6.45) is 1.44. The van der Waals surface area contributed by atoms with Crippen LogP contribution in [-0.2, 0) is 28.8 Å². The number of carbonyl (C=O) groups excluding carboxylic acids is 3. The zero-order valence-corrected chi connectivity index (χ0v) is 18.4. The van der Waals surface area contributed by atoms with Crippen LogP contribution < -0.4 is 11.1 Å². The highest BCUT2D eigenvalue weighted by atomic mass is 32.2. The molecule has 2 atom stereocenters. The quantitative estimate of drug-likeness (QED) is 0.108. The van der Waals surface area contributed by atoms with Crippen LogP contribution in [0.5, 0.6) is 0 Å². The average molecular weight is 482 g/mol. The van der Waals surface area contributed by atoms with E-state index in [0.717, 1.165) is 16.2 Å². The molecule has 32 heavy (non-hydrogen) atoms. The first-order chi connectivity index (χ1) is 15.2. The van der Waals surface area contributed by atoms with Crippen molar-refractivity contribution in [3.05, 3.63) is 35.0 Å². The van der Waals surface area contributed by atoms with E-state index in [-0.39, 0.29) is 41.2 Å². The lowest BCUT2D eigenvalue weighted by Crippen LogP contribution is -2.71. The summed E-state index contributed by atoms with van der Waals surface area (Å²) in [7, 11) is 0. The zero-order chi connectivity index (χ0) is 23.4. The number of thioether (sulfide) groups is 1. The van der Waals surface area contributed by atoms with Crippen molar-refractivity contribution in [1.29, 1.82) is 0 Å². The van der Waals surface area contributed by atoms with Gasteiger partial charge in [0.15, 0.2) is 10.8 Å². The number of thiazole rings is 1. The normalized spacial score (nSPS) is 20.2. The molecule has 1 aromatic rings. The molecule has 0 aliphatic carbocycles. The molecule has 1 aromatic heterocycles. The van der Waals surface area contributed by atoms with E-state index in [1.807, 2.05) is 0 Å². The summed E-state index contributed by atoms with van der Waals surface area (Å²) in [6.45, 7) is 4.51. The van der Waals surface area contributed by atoms with Gasteiger partial charge in [0.1, 0.15) is 36.0 Å². The van der Waals surface area contributed by atoms with Gasteiger partial charge in [-0.2, -0.15) is 0 Å². The molecule has 2 amide bonds. The number of aromatic nitrogens is 1. The molecule has 0 unspecified atom stereocenters. The van der Waals surface area contributed by atoms with Crippen molar-refractivity contribution in [3.63, 3.8) is 0 Å². The molecule has 2 aliphatic rings. The first kappa shape index (κ1) is 23.3. The Labute approximate surface area is 190 Å². The minimum Gasteiger partial charge on any atom is -0.477 e. The third-order valence-electron chi connectivity index (χ3n) is 4.31. The van der Waals surface area contributed by atoms with Gasteiger partial charge in [0.05, 0.1) is 0 Å². The highest BCUT2D eigenvalue weighted by Crippen LogP contribution is 2.40. The van der Waals surface area contributed by atoms with Gasteiger partial charge in [-0.05, 0) is 0 Å². The number of anilines is 1. The number of nitrogens with one attached hydrogen (secondary N) is 1. The second kappa shape index (κ2) is 9.82. The van der Waals surface area contributed by atoms with Crippen molar-refractivity contribution in [2.24, 2.45) is 5.16 Å². The van der Waals surface area contributed by atoms with Crippen molar-refractivity contribution in [3.8, 4) is 0 Å². The van der Waals surface area contributed by atoms with Crippen LogP contribution in [0, 0.1) is 0 Å². The standard InChI is InChI=1S/C18H19N5O7S2/c1-3-4-30-22-11(10-7-32-18(19)20-10)14(25)21-12-15(26)23-13(17(27)28)9(5-29-8(2)24)6-31-16(12)23/h3,7,12,16H,1,4-6H2,2H3,(H2,19,20)(H,21,25)(H,27,28)/t12-,16-/m1/s1. The number of hydrogen-bond acceptors (Lipinski definition) is 11. The fraction of sp³-hybridized carbons (Fsp3) is 0.333. The number of carboxylic acids is 1. The molecule has 0 saturated carbocycles. The van der Waals surface area contributed by atoms with Gasteiger partial charge in [-0.15, -0.1) is 23.1 Å². The van der Waals surface area contributed by atoms with Crippen LogP contribution >= 0.6 is 23.1 Å². The van der Waals surface area contributed by atoms with E-state index in [9.17, 15) is 24.3 Å². The molecule has 3 rings (SSSR count). The van der Waals surface area contributed by atoms with E-state index in [1.54, 1.807) is 0 Å². The number of β-lactam (4-membered cyclic amide) rings is 1. The number of oxime groups is 1. The Morgan fingerprint density at radius 1 is 1.50 bits per heavy atom. The molecule has 2 aliphatic heterocycles. The Hall–Kier alpha value is -3.39. The summed E-state index contributed by atoms with van der Waals surface area (Å²) in [5, 5.41) is 17.0. The molecule has 0 spiro atoms. The van der Waals surface area contributed by atoms with Gasteiger partial charge in [-0.3, -0.25) is 19.3 Å². The first-order valence-electron chi connectivity index (χ1n) is 9.11. The summed E-state index contributed by atoms with van der Waals surface area (Å²) in [5.41, 5.74) is 5.66. The van der Waals surface area contributed by atoms with Crippen molar-refractivity contribution in [2.45, 2.75) is 18.3 Å². The summed E-state index contributed by atoms with van der Waals surface area (Å²) in [5.74, 6) is -3.03. The van der Waals surface area contributed by atoms with E-state index >= 15 is 0 Å². The van der Waals surface area contributed by atoms with E-state index in [2.05, 4.69) is 22.0 Å². The molecule has 1 saturated heterocycles. The van der Waals surface area contributed by atoms with E-state index in [1.165, 1.54) is 30.1 Å². The number of hydrogen-bond donors (Lipinski definition) is 3. The lowest BCUT2D eigenvalue weighted by molar-refractivity contribution is -0.150. The van der Waals surface area contributed by atoms with Crippen LogP contribution in [-0.4, -0.2) is 74.8 Å². The summed E-state index contributed by atoms with van der Waals surface area (Å²) in [4.78, 5) is 58.5. The van der Waals surface area contributed by atoms with E-state index in [0.29, 0.717) is 5.57 Å². The number of fused-ring (bicyclic) bond motifs is 1. The van der Waals surface area contributed by atoms with Crippen molar-refractivity contribution in [2.75, 3.05) is 24.7 Å². The predicted octanol–water partition coefficient (Wildman–Crippen LogP) is -0.0663. The Morgan fingerprint density at radius 2 is 2.25 bits per heavy atom. The van der Waals surface area contributed by atoms with E-state index < -0.39 is 35.2 Å². The fourth-order valence-electron chi connectivity index (χ4n) is 2.95. The number of esters is 1. The number of amides is 2. The number of nitrogens with zero attached hydrogens (tertiary/aromatic N) is 3. The average Bonchev–Trinajstić information content (AvgIpc) is 3.18. The number of rotatable bonds is 9. The van der Waals surface area contributed by atoms with Crippen LogP contribution in [0.1, 0.15) is 12.6 Å². The maximum atomic E-state index is 12.8. The second-order valence-electron chi connectivity index (χ2n) is 6.49. The Bertz CT molecular complexity index is 1030. The van der Waals surface area contributed by atoms with E-state index in [4.69, 9.17) is 15.3 Å². The fourth-order valence-corrected chi connectivity index (χ4v) is 4.82. The lowest BCUT2D eigenvalue weighted by atomic mass is 10.0. The summed E-state index contributed by atoms with van der Waals surface area (Å²) >= 11 is 2.34. The summed E-state index contributed by atoms with van der Waals surface area (Å²) in [6, 6.07) is -0.988. The van der Waals surface area contributed by atoms with Crippen LogP contribution in [0.15, 0.2) is 34.5 Å². The number of nitrogen functional groups attached to an aromatic ring is 1. The van der Waals surface area contributed by atoms with Crippen LogP contribution in [0.25, 0.3) is 0 Å². The van der Waals surface area contributed by atoms with Crippen LogP contribution in [0.4, 0.5) is 5.13 Å². The van der Waals surface area contributed by atoms with Gasteiger partial charge >= 0.3 is 11.9 Å². The van der Waals surface area contributed by atoms with Crippen molar-refractivity contribution < 1.29 is 33.9 Å². The van der Waals surface area contributed by atoms with Crippen molar-refractivity contribution >= 4 is 57.7 Å². The topological polar surface area (TPSA) is 174 Å². The SMILES string of the molecule is C=CCON=C(C(=O)N[C@@H]1C(=O)N2C(C(=O)O)=C(COC(C)=O)CS[C@H]12)c1csc(N)n1. The molecule has 14 heteroatoms. The van der Waals surface area contributed by atoms with Gasteiger partial charge < -0.3 is 25.7 Å². The van der Waals surface area contributed by atoms with Gasteiger partial charge in [-0.25, -0.2) is 9.78 Å². The van der Waals surface area contributed by atoms with Crippen LogP contribution in [0.2, 0.25) is 0 Å². The zero-order valence-electron chi connectivity index (χ0n) is 16.8. The maximum absolute atomic E-state index is 12.8. The Kier molecular flexibility index (Phi) is 7.15. The highest BCUT2D eigenvalue weighted by molar-refractivity contribution is 8.00. The van der Waals surface area contributed by atoms with Gasteiger partial charge in [0.25, 0.3) is 11.8 Å². The van der Waals surface area contributed by atoms with Crippen molar-refractivity contribution in [1.82, 2.24) is 15.2 Å². The molecule has 1 fully saturated rings. The van der Waals surface area contributed by atoms with Gasteiger partial charge in [0.2, 0.25) is 0 Å². The number of carboxylic acid groups (broad SMARTS) is 1. The van der Waals surface area contributed by atoms with Crippen LogP contribution in [0.3, 0.4) is 0 Å². The molecule has 0 aromatic carbocycles. The smallest absolute Gasteiger partial charge is 0.352 e. The molecule has 12 nitrogen and oxygen atoms in total. The molecular weight excluding hydrogens is 462 g/mol. The number of ether oxygens (including phenoxy) is 1. The molecule has 170 valence electrons. The minimum atomic E-state index is -1.33. The number of carbonyl (C=O) groups is 4. The second-order valence-corrected chi connectivity index (χ2v) is 8.49. The maximum Gasteiger partial charge on any atom is 0.352 e. The molecular formula is C18H19N5O7S2. The molecule has 3 heterocycles. The number of aliphatic carboxylic acids is 1. The Balaban J connectivity index is 1.78. The first-order valence-corrected chi connectivity index (χ1v) is 11.0. The Morgan fingerprint density at radius 3 is 2.84 bits per heavy atom. The molecule has 4 N–H and O–H groups in total.